The summed E-state index contributed by atoms with van der Waals surface area (Å²) >= 11 is 0. The zero-order chi connectivity index (χ0) is 14.5. The van der Waals surface area contributed by atoms with Crippen LogP contribution in [0.5, 0.6) is 0 Å². The molecule has 1 rings (SSSR count). The molecule has 0 aliphatic heterocycles. The maximum atomic E-state index is 11.8. The predicted molar refractivity (Wildman–Crippen MR) is 76.8 cm³/mol. The van der Waals surface area contributed by atoms with Crippen LogP contribution in [0.15, 0.2) is 30.3 Å². The standard InChI is InChI=1S/C15H24N2O2/c1-15(2,3)16-14(19)11-17(4)10-13(18)12-8-6-5-7-9-12/h5-9,13,18H,10-11H2,1-4H3,(H,16,19)/t13-/m0/s1. The minimum Gasteiger partial charge on any atom is -0.387 e. The minimum atomic E-state index is -0.575. The van der Waals surface area contributed by atoms with Crippen molar-refractivity contribution in [2.24, 2.45) is 0 Å². The van der Waals surface area contributed by atoms with E-state index in [1.807, 2.05) is 63.1 Å². The largest absolute Gasteiger partial charge is 0.387 e. The van der Waals surface area contributed by atoms with Crippen LogP contribution < -0.4 is 5.32 Å². The fraction of sp³-hybridized carbons (Fsp3) is 0.533. The molecule has 1 aromatic rings. The average Bonchev–Trinajstić information content (AvgIpc) is 2.27. The molecule has 0 radical (unpaired) electrons. The molecule has 4 nitrogen and oxygen atoms in total. The summed E-state index contributed by atoms with van der Waals surface area (Å²) in [6.07, 6.45) is -0.575. The van der Waals surface area contributed by atoms with Gasteiger partial charge in [0.1, 0.15) is 0 Å². The van der Waals surface area contributed by atoms with E-state index in [0.717, 1.165) is 5.56 Å². The maximum Gasteiger partial charge on any atom is 0.234 e. The number of hydrogen-bond acceptors (Lipinski definition) is 3. The lowest BCUT2D eigenvalue weighted by Crippen LogP contribution is -2.45. The van der Waals surface area contributed by atoms with Gasteiger partial charge in [-0.05, 0) is 33.4 Å². The SMILES string of the molecule is CN(CC(=O)NC(C)(C)C)C[C@H](O)c1ccccc1. The highest BCUT2D eigenvalue weighted by atomic mass is 16.3. The minimum absolute atomic E-state index is 0.0322. The monoisotopic (exact) mass is 264 g/mol. The molecule has 0 fully saturated rings. The highest BCUT2D eigenvalue weighted by molar-refractivity contribution is 5.78. The van der Waals surface area contributed by atoms with E-state index in [4.69, 9.17) is 0 Å². The van der Waals surface area contributed by atoms with Crippen molar-refractivity contribution in [3.8, 4) is 0 Å². The third-order valence-corrected chi connectivity index (χ3v) is 2.60. The van der Waals surface area contributed by atoms with Crippen LogP contribution in [0.4, 0.5) is 0 Å². The number of aliphatic hydroxyl groups is 1. The topological polar surface area (TPSA) is 52.6 Å². The summed E-state index contributed by atoms with van der Waals surface area (Å²) in [5.41, 5.74) is 0.640. The summed E-state index contributed by atoms with van der Waals surface area (Å²) < 4.78 is 0. The summed E-state index contributed by atoms with van der Waals surface area (Å²) in [7, 11) is 1.83. The Morgan fingerprint density at radius 3 is 2.42 bits per heavy atom. The Morgan fingerprint density at radius 2 is 1.89 bits per heavy atom. The summed E-state index contributed by atoms with van der Waals surface area (Å²) in [4.78, 5) is 13.6. The number of carbonyl (C=O) groups is 1. The first-order valence-electron chi connectivity index (χ1n) is 6.50. The van der Waals surface area contributed by atoms with Gasteiger partial charge in [0.05, 0.1) is 12.6 Å². The second-order valence-corrected chi connectivity index (χ2v) is 5.92. The van der Waals surface area contributed by atoms with Gasteiger partial charge in [0.2, 0.25) is 5.91 Å². The van der Waals surface area contributed by atoms with Gasteiger partial charge < -0.3 is 10.4 Å². The Morgan fingerprint density at radius 1 is 1.32 bits per heavy atom. The normalized spacial score (nSPS) is 13.4. The Labute approximate surface area is 115 Å². The molecule has 0 saturated heterocycles. The molecular formula is C15H24N2O2. The lowest BCUT2D eigenvalue weighted by atomic mass is 10.1. The van der Waals surface area contributed by atoms with E-state index in [1.165, 1.54) is 0 Å². The smallest absolute Gasteiger partial charge is 0.234 e. The van der Waals surface area contributed by atoms with Gasteiger partial charge >= 0.3 is 0 Å². The number of benzene rings is 1. The van der Waals surface area contributed by atoms with Crippen molar-refractivity contribution in [2.45, 2.75) is 32.4 Å². The van der Waals surface area contributed by atoms with E-state index < -0.39 is 6.10 Å². The van der Waals surface area contributed by atoms with Gasteiger partial charge in [0.15, 0.2) is 0 Å². The molecule has 106 valence electrons. The molecule has 0 unspecified atom stereocenters. The third kappa shape index (κ3) is 6.36. The van der Waals surface area contributed by atoms with Crippen LogP contribution in [0.2, 0.25) is 0 Å². The first-order valence-corrected chi connectivity index (χ1v) is 6.50. The van der Waals surface area contributed by atoms with Gasteiger partial charge in [-0.25, -0.2) is 0 Å². The van der Waals surface area contributed by atoms with Crippen molar-refractivity contribution >= 4 is 5.91 Å². The Balaban J connectivity index is 2.43. The molecule has 2 N–H and O–H groups in total. The fourth-order valence-electron chi connectivity index (χ4n) is 1.84. The highest BCUT2D eigenvalue weighted by Gasteiger charge is 2.17. The van der Waals surface area contributed by atoms with E-state index in [2.05, 4.69) is 5.32 Å². The average molecular weight is 264 g/mol. The molecule has 1 amide bonds. The van der Waals surface area contributed by atoms with Crippen molar-refractivity contribution in [3.05, 3.63) is 35.9 Å². The molecule has 0 aliphatic rings. The number of likely N-dealkylation sites (N-methyl/N-ethyl adjacent to an activating group) is 1. The maximum absolute atomic E-state index is 11.8. The molecule has 4 heteroatoms. The van der Waals surface area contributed by atoms with Crippen molar-refractivity contribution < 1.29 is 9.90 Å². The summed E-state index contributed by atoms with van der Waals surface area (Å²) in [6.45, 7) is 6.56. The van der Waals surface area contributed by atoms with Crippen LogP contribution in [-0.2, 0) is 4.79 Å². The quantitative estimate of drug-likeness (QED) is 0.848. The van der Waals surface area contributed by atoms with E-state index in [1.54, 1.807) is 0 Å². The van der Waals surface area contributed by atoms with Gasteiger partial charge in [-0.3, -0.25) is 9.69 Å². The summed E-state index contributed by atoms with van der Waals surface area (Å²) in [6, 6.07) is 9.47. The Kier molecular flexibility index (Phi) is 5.51. The van der Waals surface area contributed by atoms with Crippen LogP contribution in [-0.4, -0.2) is 41.6 Å². The summed E-state index contributed by atoms with van der Waals surface area (Å²) in [5, 5.41) is 13.0. The van der Waals surface area contributed by atoms with E-state index in [9.17, 15) is 9.90 Å². The molecule has 0 aromatic heterocycles. The fourth-order valence-corrected chi connectivity index (χ4v) is 1.84. The van der Waals surface area contributed by atoms with Crippen molar-refractivity contribution in [1.29, 1.82) is 0 Å². The molecule has 0 saturated carbocycles. The van der Waals surface area contributed by atoms with Crippen LogP contribution in [0.25, 0.3) is 0 Å². The van der Waals surface area contributed by atoms with Gasteiger partial charge in [-0.2, -0.15) is 0 Å². The number of aliphatic hydroxyl groups excluding tert-OH is 1. The molecule has 0 aliphatic carbocycles. The lowest BCUT2D eigenvalue weighted by molar-refractivity contribution is -0.123. The Hall–Kier alpha value is -1.39. The number of hydrogen-bond donors (Lipinski definition) is 2. The second-order valence-electron chi connectivity index (χ2n) is 5.92. The molecule has 1 aromatic carbocycles. The number of nitrogens with one attached hydrogen (secondary N) is 1. The lowest BCUT2D eigenvalue weighted by Gasteiger charge is -2.24. The van der Waals surface area contributed by atoms with E-state index in [0.29, 0.717) is 6.54 Å². The number of nitrogens with zero attached hydrogens (tertiary/aromatic N) is 1. The second kappa shape index (κ2) is 6.68. The summed E-state index contributed by atoms with van der Waals surface area (Å²) in [5.74, 6) is -0.0322. The molecule has 1 atom stereocenters. The molecule has 19 heavy (non-hydrogen) atoms. The highest BCUT2D eigenvalue weighted by Crippen LogP contribution is 2.12. The number of amides is 1. The van der Waals surface area contributed by atoms with Crippen LogP contribution in [0.3, 0.4) is 0 Å². The van der Waals surface area contributed by atoms with Gasteiger partial charge in [0, 0.05) is 12.1 Å². The van der Waals surface area contributed by atoms with Gasteiger partial charge in [0.25, 0.3) is 0 Å². The van der Waals surface area contributed by atoms with E-state index in [-0.39, 0.29) is 18.0 Å². The van der Waals surface area contributed by atoms with Crippen molar-refractivity contribution in [1.82, 2.24) is 10.2 Å². The first kappa shape index (κ1) is 15.7. The van der Waals surface area contributed by atoms with Crippen LogP contribution >= 0.6 is 0 Å². The molecule has 0 bridgehead atoms. The van der Waals surface area contributed by atoms with Gasteiger partial charge in [-0.1, -0.05) is 30.3 Å². The first-order chi connectivity index (χ1) is 8.78. The van der Waals surface area contributed by atoms with Crippen LogP contribution in [0, 0.1) is 0 Å². The number of rotatable bonds is 5. The van der Waals surface area contributed by atoms with Crippen molar-refractivity contribution in [3.63, 3.8) is 0 Å². The molecular weight excluding hydrogens is 240 g/mol. The molecule has 0 heterocycles. The van der Waals surface area contributed by atoms with Crippen LogP contribution in [0.1, 0.15) is 32.4 Å². The zero-order valence-electron chi connectivity index (χ0n) is 12.2. The zero-order valence-corrected chi connectivity index (χ0v) is 12.2. The number of carbonyl (C=O) groups excluding carboxylic acids is 1. The van der Waals surface area contributed by atoms with Gasteiger partial charge in [-0.15, -0.1) is 0 Å². The predicted octanol–water partition coefficient (Wildman–Crippen LogP) is 1.57. The van der Waals surface area contributed by atoms with E-state index >= 15 is 0 Å². The third-order valence-electron chi connectivity index (χ3n) is 2.60. The Bertz CT molecular complexity index is 398. The van der Waals surface area contributed by atoms with Crippen molar-refractivity contribution in [2.75, 3.05) is 20.1 Å². The molecule has 0 spiro atoms.